The van der Waals surface area contributed by atoms with E-state index in [1.165, 1.54) is 4.90 Å². The van der Waals surface area contributed by atoms with Crippen molar-refractivity contribution in [2.24, 2.45) is 0 Å². The summed E-state index contributed by atoms with van der Waals surface area (Å²) in [6.45, 7) is 3.18. The molecule has 23 heavy (non-hydrogen) atoms. The van der Waals surface area contributed by atoms with Crippen LogP contribution in [0.4, 0.5) is 4.79 Å². The van der Waals surface area contributed by atoms with Crippen molar-refractivity contribution >= 4 is 18.0 Å². The maximum atomic E-state index is 11.5. The van der Waals surface area contributed by atoms with Gasteiger partial charge in [0.05, 0.1) is 0 Å². The highest BCUT2D eigenvalue weighted by Crippen LogP contribution is 2.08. The van der Waals surface area contributed by atoms with E-state index in [-0.39, 0.29) is 12.3 Å². The second-order valence-electron chi connectivity index (χ2n) is 5.70. The third-order valence-electron chi connectivity index (χ3n) is 3.82. The highest BCUT2D eigenvalue weighted by molar-refractivity contribution is 5.87. The summed E-state index contributed by atoms with van der Waals surface area (Å²) in [6, 6.07) is 0. The molecular formula is C16H26N2O5. The highest BCUT2D eigenvalue weighted by atomic mass is 16.4. The minimum atomic E-state index is -0.783. The molecule has 7 heteroatoms. The zero-order valence-corrected chi connectivity index (χ0v) is 13.4. The number of hydrogen-bond acceptors (Lipinski definition) is 3. The SMILES string of the molecule is O=C(O)CCC/C=C/C(=O)N1CCCC1.O=C(O)N1CCCC1. The quantitative estimate of drug-likeness (QED) is 0.596. The molecule has 0 aromatic carbocycles. The van der Waals surface area contributed by atoms with E-state index in [0.717, 1.165) is 51.9 Å². The first-order valence-electron chi connectivity index (χ1n) is 8.16. The molecule has 0 aromatic rings. The normalized spacial score (nSPS) is 17.2. The Morgan fingerprint density at radius 1 is 0.870 bits per heavy atom. The number of rotatable bonds is 5. The lowest BCUT2D eigenvalue weighted by Gasteiger charge is -2.11. The van der Waals surface area contributed by atoms with Gasteiger partial charge in [-0.2, -0.15) is 0 Å². The fourth-order valence-corrected chi connectivity index (χ4v) is 2.51. The molecule has 0 unspecified atom stereocenters. The van der Waals surface area contributed by atoms with Crippen molar-refractivity contribution in [1.29, 1.82) is 0 Å². The molecular weight excluding hydrogens is 300 g/mol. The summed E-state index contributed by atoms with van der Waals surface area (Å²) in [4.78, 5) is 35.1. The number of amides is 2. The van der Waals surface area contributed by atoms with Crippen LogP contribution in [0.15, 0.2) is 12.2 Å². The topological polar surface area (TPSA) is 98.2 Å². The van der Waals surface area contributed by atoms with E-state index >= 15 is 0 Å². The van der Waals surface area contributed by atoms with Crippen LogP contribution < -0.4 is 0 Å². The van der Waals surface area contributed by atoms with Gasteiger partial charge in [-0.15, -0.1) is 0 Å². The van der Waals surface area contributed by atoms with Gasteiger partial charge in [0, 0.05) is 32.6 Å². The fourth-order valence-electron chi connectivity index (χ4n) is 2.51. The number of likely N-dealkylation sites (tertiary alicyclic amines) is 2. The number of allylic oxidation sites excluding steroid dienone is 1. The van der Waals surface area contributed by atoms with Gasteiger partial charge < -0.3 is 20.0 Å². The summed E-state index contributed by atoms with van der Waals surface area (Å²) in [5.41, 5.74) is 0. The molecule has 0 radical (unpaired) electrons. The summed E-state index contributed by atoms with van der Waals surface area (Å²) in [5, 5.41) is 16.7. The van der Waals surface area contributed by atoms with E-state index in [0.29, 0.717) is 12.8 Å². The summed E-state index contributed by atoms with van der Waals surface area (Å²) in [7, 11) is 0. The van der Waals surface area contributed by atoms with Crippen LogP contribution in [0.5, 0.6) is 0 Å². The molecule has 130 valence electrons. The van der Waals surface area contributed by atoms with Crippen LogP contribution in [0.2, 0.25) is 0 Å². The van der Waals surface area contributed by atoms with E-state index in [2.05, 4.69) is 0 Å². The van der Waals surface area contributed by atoms with Gasteiger partial charge in [0.1, 0.15) is 0 Å². The van der Waals surface area contributed by atoms with Crippen molar-refractivity contribution in [1.82, 2.24) is 9.80 Å². The lowest BCUT2D eigenvalue weighted by molar-refractivity contribution is -0.137. The van der Waals surface area contributed by atoms with Crippen LogP contribution in [0.1, 0.15) is 44.9 Å². The maximum absolute atomic E-state index is 11.5. The van der Waals surface area contributed by atoms with Crippen LogP contribution in [-0.2, 0) is 9.59 Å². The third-order valence-corrected chi connectivity index (χ3v) is 3.82. The Labute approximate surface area is 136 Å². The van der Waals surface area contributed by atoms with Crippen LogP contribution >= 0.6 is 0 Å². The number of unbranched alkanes of at least 4 members (excludes halogenated alkanes) is 1. The van der Waals surface area contributed by atoms with E-state index in [9.17, 15) is 14.4 Å². The van der Waals surface area contributed by atoms with E-state index < -0.39 is 12.1 Å². The number of carboxylic acids is 1. The summed E-state index contributed by atoms with van der Waals surface area (Å²) in [5.74, 6) is -0.725. The molecule has 2 aliphatic heterocycles. The number of carbonyl (C=O) groups is 3. The van der Waals surface area contributed by atoms with Gasteiger partial charge in [-0.05, 0) is 44.6 Å². The molecule has 0 aliphatic carbocycles. The standard InChI is InChI=1S/C11H17NO3.C5H9NO2/c13-10(12-8-4-5-9-12)6-2-1-3-7-11(14)15;7-5(8)6-3-1-2-4-6/h2,6H,1,3-5,7-9H2,(H,14,15);1-4H2,(H,7,8)/b6-2+;. The Bertz CT molecular complexity index is 424. The van der Waals surface area contributed by atoms with Crippen LogP contribution in [0, 0.1) is 0 Å². The maximum Gasteiger partial charge on any atom is 0.407 e. The number of aliphatic carboxylic acids is 1. The number of nitrogens with zero attached hydrogens (tertiary/aromatic N) is 2. The number of hydrogen-bond donors (Lipinski definition) is 2. The summed E-state index contributed by atoms with van der Waals surface area (Å²) >= 11 is 0. The Morgan fingerprint density at radius 2 is 1.39 bits per heavy atom. The first kappa shape index (κ1) is 19.0. The molecule has 2 fully saturated rings. The molecule has 0 saturated carbocycles. The average Bonchev–Trinajstić information content (AvgIpc) is 3.20. The predicted octanol–water partition coefficient (Wildman–Crippen LogP) is 2.18. The van der Waals surface area contributed by atoms with Crippen LogP contribution in [0.3, 0.4) is 0 Å². The molecule has 2 rings (SSSR count). The monoisotopic (exact) mass is 326 g/mol. The van der Waals surface area contributed by atoms with Gasteiger partial charge in [-0.3, -0.25) is 9.59 Å². The van der Waals surface area contributed by atoms with Crippen LogP contribution in [0.25, 0.3) is 0 Å². The highest BCUT2D eigenvalue weighted by Gasteiger charge is 2.15. The van der Waals surface area contributed by atoms with Crippen molar-refractivity contribution in [3.8, 4) is 0 Å². The number of carbonyl (C=O) groups excluding carboxylic acids is 1. The third kappa shape index (κ3) is 8.23. The van der Waals surface area contributed by atoms with Crippen LogP contribution in [-0.4, -0.2) is 64.2 Å². The average molecular weight is 326 g/mol. The lowest BCUT2D eigenvalue weighted by Crippen LogP contribution is -2.25. The van der Waals surface area contributed by atoms with Crippen molar-refractivity contribution in [3.05, 3.63) is 12.2 Å². The summed E-state index contributed by atoms with van der Waals surface area (Å²) < 4.78 is 0. The zero-order chi connectivity index (χ0) is 17.1. The first-order valence-corrected chi connectivity index (χ1v) is 8.16. The first-order chi connectivity index (χ1) is 11.0. The van der Waals surface area contributed by atoms with Crippen molar-refractivity contribution < 1.29 is 24.6 Å². The second kappa shape index (κ2) is 10.6. The Kier molecular flexibility index (Phi) is 8.79. The largest absolute Gasteiger partial charge is 0.481 e. The molecule has 0 aromatic heterocycles. The molecule has 0 bridgehead atoms. The van der Waals surface area contributed by atoms with Crippen molar-refractivity contribution in [2.75, 3.05) is 26.2 Å². The van der Waals surface area contributed by atoms with Gasteiger partial charge in [0.15, 0.2) is 0 Å². The smallest absolute Gasteiger partial charge is 0.407 e. The lowest BCUT2D eigenvalue weighted by atomic mass is 10.2. The zero-order valence-electron chi connectivity index (χ0n) is 13.4. The summed E-state index contributed by atoms with van der Waals surface area (Å²) in [6.07, 6.45) is 8.24. The minimum absolute atomic E-state index is 0.0582. The van der Waals surface area contributed by atoms with Gasteiger partial charge in [-0.1, -0.05) is 6.08 Å². The Balaban J connectivity index is 0.000000277. The van der Waals surface area contributed by atoms with Crippen molar-refractivity contribution in [3.63, 3.8) is 0 Å². The molecule has 2 saturated heterocycles. The molecule has 7 nitrogen and oxygen atoms in total. The fraction of sp³-hybridized carbons (Fsp3) is 0.688. The van der Waals surface area contributed by atoms with Crippen molar-refractivity contribution in [2.45, 2.75) is 44.9 Å². The molecule has 0 spiro atoms. The van der Waals surface area contributed by atoms with E-state index in [1.54, 1.807) is 12.2 Å². The molecule has 2 aliphatic rings. The van der Waals surface area contributed by atoms with Gasteiger partial charge in [-0.25, -0.2) is 4.79 Å². The Morgan fingerprint density at radius 3 is 1.83 bits per heavy atom. The number of carboxylic acid groups (broad SMARTS) is 2. The molecule has 2 amide bonds. The minimum Gasteiger partial charge on any atom is -0.481 e. The molecule has 0 atom stereocenters. The van der Waals surface area contributed by atoms with E-state index in [1.807, 2.05) is 4.90 Å². The van der Waals surface area contributed by atoms with Gasteiger partial charge >= 0.3 is 12.1 Å². The predicted molar refractivity (Wildman–Crippen MR) is 85.3 cm³/mol. The molecule has 2 heterocycles. The molecule has 2 N–H and O–H groups in total. The Hall–Kier alpha value is -2.05. The van der Waals surface area contributed by atoms with Gasteiger partial charge in [0.2, 0.25) is 5.91 Å². The van der Waals surface area contributed by atoms with Gasteiger partial charge in [0.25, 0.3) is 0 Å². The second-order valence-corrected chi connectivity index (χ2v) is 5.70. The van der Waals surface area contributed by atoms with E-state index in [4.69, 9.17) is 10.2 Å².